The molecule has 9 heteroatoms. The number of nitrogens with zero attached hydrogens (tertiary/aromatic N) is 1. The molecule has 1 aromatic rings. The van der Waals surface area contributed by atoms with Crippen molar-refractivity contribution in [1.29, 1.82) is 0 Å². The molecule has 9 nitrogen and oxygen atoms in total. The Balaban J connectivity index is 3.05. The van der Waals surface area contributed by atoms with Gasteiger partial charge in [0, 0.05) is 29.4 Å². The van der Waals surface area contributed by atoms with Gasteiger partial charge in [-0.05, 0) is 12.1 Å². The van der Waals surface area contributed by atoms with E-state index >= 15 is 0 Å². The number of carbonyl (C=O) groups is 1. The molecule has 0 aliphatic rings. The molecule has 0 saturated heterocycles. The normalized spacial score (nSPS) is 12.8. The Bertz CT molecular complexity index is 591. The number of primary amides is 1. The number of nitro groups is 1. The second-order valence-electron chi connectivity index (χ2n) is 4.98. The number of rotatable bonds is 11. The van der Waals surface area contributed by atoms with E-state index in [2.05, 4.69) is 0 Å². The molecular weight excluding hydrogens is 320 g/mol. The fourth-order valence-electron chi connectivity index (χ4n) is 2.25. The highest BCUT2D eigenvalue weighted by Gasteiger charge is 2.29. The molecule has 1 radical (unpaired) electrons. The van der Waals surface area contributed by atoms with Crippen LogP contribution in [-0.2, 0) is 14.3 Å². The molecule has 0 bridgehead atoms. The lowest BCUT2D eigenvalue weighted by Gasteiger charge is -2.20. The van der Waals surface area contributed by atoms with Crippen molar-refractivity contribution in [1.82, 2.24) is 0 Å². The zero-order valence-corrected chi connectivity index (χ0v) is 13.4. The fourth-order valence-corrected chi connectivity index (χ4v) is 2.25. The first-order chi connectivity index (χ1) is 11.4. The molecule has 0 aliphatic carbocycles. The molecule has 0 heterocycles. The maximum atomic E-state index is 11.2. The zero-order valence-electron chi connectivity index (χ0n) is 13.4. The van der Waals surface area contributed by atoms with Crippen molar-refractivity contribution in [2.75, 3.05) is 14.2 Å². The number of nitrogens with two attached hydrogens (primary N) is 1. The molecule has 1 aromatic carbocycles. The van der Waals surface area contributed by atoms with Crippen molar-refractivity contribution in [2.24, 2.45) is 5.73 Å². The summed E-state index contributed by atoms with van der Waals surface area (Å²) in [6, 6.07) is 3.66. The summed E-state index contributed by atoms with van der Waals surface area (Å²) in [7, 11) is 2.90. The minimum Gasteiger partial charge on any atom is -0.497 e. The lowest BCUT2D eigenvalue weighted by molar-refractivity contribution is -0.526. The standard InChI is InChI=1S/C15H19N2O7/c1-22-11-4-5-12(13(8-11)23-2)14(24-9-18)7-10(17(20)21)3-6-15(16)19/h4-5,8,10,14H,3,6-7H2,1-2H3,(H2,16,19). The molecule has 24 heavy (non-hydrogen) atoms. The number of carbonyl (C=O) groups excluding carboxylic acids is 2. The lowest BCUT2D eigenvalue weighted by Crippen LogP contribution is -2.25. The van der Waals surface area contributed by atoms with E-state index in [1.54, 1.807) is 18.2 Å². The first-order valence-electron chi connectivity index (χ1n) is 7.09. The SMILES string of the molecule is COc1ccc(C(CC(CCC(N)=O)[N+](=O)[O-])O[C]=O)c(OC)c1. The van der Waals surface area contributed by atoms with Gasteiger partial charge < -0.3 is 19.9 Å². The first-order valence-corrected chi connectivity index (χ1v) is 7.09. The Kier molecular flexibility index (Phi) is 7.47. The summed E-state index contributed by atoms with van der Waals surface area (Å²) in [5.41, 5.74) is 5.47. The summed E-state index contributed by atoms with van der Waals surface area (Å²) < 4.78 is 15.2. The van der Waals surface area contributed by atoms with Crippen molar-refractivity contribution in [3.8, 4) is 11.5 Å². The summed E-state index contributed by atoms with van der Waals surface area (Å²) in [6.45, 7) is 1.30. The number of hydrogen-bond donors (Lipinski definition) is 1. The highest BCUT2D eigenvalue weighted by atomic mass is 16.6. The van der Waals surface area contributed by atoms with Crippen LogP contribution in [0.4, 0.5) is 0 Å². The van der Waals surface area contributed by atoms with Crippen molar-refractivity contribution in [3.63, 3.8) is 0 Å². The maximum Gasteiger partial charge on any atom is 0.418 e. The van der Waals surface area contributed by atoms with Crippen LogP contribution in [0.3, 0.4) is 0 Å². The Labute approximate surface area is 138 Å². The Morgan fingerprint density at radius 3 is 2.58 bits per heavy atom. The quantitative estimate of drug-likeness (QED) is 0.472. The van der Waals surface area contributed by atoms with Crippen LogP contribution in [0, 0.1) is 10.1 Å². The van der Waals surface area contributed by atoms with Crippen LogP contribution >= 0.6 is 0 Å². The van der Waals surface area contributed by atoms with Gasteiger partial charge in [0.2, 0.25) is 11.9 Å². The lowest BCUT2D eigenvalue weighted by atomic mass is 9.98. The maximum absolute atomic E-state index is 11.2. The van der Waals surface area contributed by atoms with Crippen LogP contribution in [0.5, 0.6) is 11.5 Å². The average Bonchev–Trinajstić information content (AvgIpc) is 2.56. The topological polar surface area (TPSA) is 131 Å². The van der Waals surface area contributed by atoms with E-state index in [0.717, 1.165) is 0 Å². The Hall–Kier alpha value is -2.84. The van der Waals surface area contributed by atoms with E-state index in [0.29, 0.717) is 17.1 Å². The Morgan fingerprint density at radius 2 is 2.08 bits per heavy atom. The van der Waals surface area contributed by atoms with Gasteiger partial charge in [-0.2, -0.15) is 0 Å². The van der Waals surface area contributed by atoms with E-state index < -0.39 is 23.0 Å². The van der Waals surface area contributed by atoms with Crippen molar-refractivity contribution < 1.29 is 28.7 Å². The molecule has 0 aliphatic heterocycles. The second-order valence-corrected chi connectivity index (χ2v) is 4.98. The highest BCUT2D eigenvalue weighted by molar-refractivity contribution is 5.73. The van der Waals surface area contributed by atoms with E-state index in [1.165, 1.54) is 20.7 Å². The molecule has 0 fully saturated rings. The molecular formula is C15H19N2O7. The largest absolute Gasteiger partial charge is 0.497 e. The van der Waals surface area contributed by atoms with Crippen molar-refractivity contribution >= 4 is 12.4 Å². The number of ether oxygens (including phenoxy) is 3. The molecule has 2 unspecified atom stereocenters. The van der Waals surface area contributed by atoms with E-state index in [9.17, 15) is 19.7 Å². The van der Waals surface area contributed by atoms with Gasteiger partial charge in [0.1, 0.15) is 17.6 Å². The summed E-state index contributed by atoms with van der Waals surface area (Å²) in [4.78, 5) is 32.2. The van der Waals surface area contributed by atoms with Gasteiger partial charge in [0.15, 0.2) is 0 Å². The summed E-state index contributed by atoms with van der Waals surface area (Å²) >= 11 is 0. The molecule has 2 N–H and O–H groups in total. The average molecular weight is 339 g/mol. The minimum absolute atomic E-state index is 0.0560. The molecule has 1 amide bonds. The third-order valence-electron chi connectivity index (χ3n) is 3.49. The van der Waals surface area contributed by atoms with E-state index in [4.69, 9.17) is 19.9 Å². The van der Waals surface area contributed by atoms with Gasteiger partial charge in [-0.1, -0.05) is 0 Å². The van der Waals surface area contributed by atoms with E-state index in [1.807, 2.05) is 0 Å². The third-order valence-corrected chi connectivity index (χ3v) is 3.49. The van der Waals surface area contributed by atoms with Crippen LogP contribution in [0.1, 0.15) is 30.9 Å². The molecule has 0 aromatic heterocycles. The second kappa shape index (κ2) is 9.33. The molecule has 0 spiro atoms. The zero-order chi connectivity index (χ0) is 18.1. The van der Waals surface area contributed by atoms with Crippen molar-refractivity contribution in [2.45, 2.75) is 31.4 Å². The van der Waals surface area contributed by atoms with Crippen LogP contribution in [0.25, 0.3) is 0 Å². The fraction of sp³-hybridized carbons (Fsp3) is 0.467. The smallest absolute Gasteiger partial charge is 0.418 e. The minimum atomic E-state index is -1.11. The molecule has 1 rings (SSSR count). The first kappa shape index (κ1) is 19.2. The van der Waals surface area contributed by atoms with Gasteiger partial charge in [-0.15, -0.1) is 0 Å². The monoisotopic (exact) mass is 339 g/mol. The molecule has 2 atom stereocenters. The van der Waals surface area contributed by atoms with Gasteiger partial charge in [0.25, 0.3) is 0 Å². The van der Waals surface area contributed by atoms with Crippen LogP contribution in [0.2, 0.25) is 0 Å². The van der Waals surface area contributed by atoms with Gasteiger partial charge >= 0.3 is 6.47 Å². The van der Waals surface area contributed by atoms with Gasteiger partial charge in [-0.25, -0.2) is 4.79 Å². The molecule has 0 saturated carbocycles. The summed E-state index contributed by atoms with van der Waals surface area (Å²) in [6.07, 6.45) is -1.28. The van der Waals surface area contributed by atoms with Crippen LogP contribution in [-0.4, -0.2) is 37.6 Å². The number of benzene rings is 1. The van der Waals surface area contributed by atoms with Crippen molar-refractivity contribution in [3.05, 3.63) is 33.9 Å². The predicted octanol–water partition coefficient (Wildman–Crippen LogP) is 1.13. The Morgan fingerprint density at radius 1 is 1.38 bits per heavy atom. The highest BCUT2D eigenvalue weighted by Crippen LogP contribution is 2.34. The van der Waals surface area contributed by atoms with Gasteiger partial charge in [0.05, 0.1) is 20.6 Å². The third kappa shape index (κ3) is 5.41. The summed E-state index contributed by atoms with van der Waals surface area (Å²) in [5, 5.41) is 11.2. The predicted molar refractivity (Wildman–Crippen MR) is 82.9 cm³/mol. The van der Waals surface area contributed by atoms with Gasteiger partial charge in [-0.3, -0.25) is 14.9 Å². The van der Waals surface area contributed by atoms with Crippen LogP contribution < -0.4 is 15.2 Å². The number of hydrogen-bond acceptors (Lipinski definition) is 7. The molecule has 131 valence electrons. The number of methoxy groups -OCH3 is 2. The van der Waals surface area contributed by atoms with E-state index in [-0.39, 0.29) is 19.3 Å². The number of amides is 1. The van der Waals surface area contributed by atoms with Crippen LogP contribution in [0.15, 0.2) is 18.2 Å². The summed E-state index contributed by atoms with van der Waals surface area (Å²) in [5.74, 6) is 0.235.